The molecule has 2 unspecified atom stereocenters. The summed E-state index contributed by atoms with van der Waals surface area (Å²) >= 11 is 0. The Labute approximate surface area is 112 Å². The largest absolute Gasteiger partial charge is 0.341 e. The molecule has 1 fully saturated rings. The van der Waals surface area contributed by atoms with Crippen molar-refractivity contribution in [1.82, 2.24) is 4.90 Å². The molecule has 0 radical (unpaired) electrons. The van der Waals surface area contributed by atoms with Crippen molar-refractivity contribution in [3.8, 4) is 0 Å². The lowest BCUT2D eigenvalue weighted by atomic mass is 9.93. The highest BCUT2D eigenvalue weighted by molar-refractivity contribution is 5.77. The van der Waals surface area contributed by atoms with E-state index < -0.39 is 0 Å². The first-order valence-corrected chi connectivity index (χ1v) is 7.68. The van der Waals surface area contributed by atoms with Crippen LogP contribution in [0.2, 0.25) is 0 Å². The lowest BCUT2D eigenvalue weighted by Crippen LogP contribution is -2.50. The van der Waals surface area contributed by atoms with Gasteiger partial charge in [-0.1, -0.05) is 52.4 Å². The van der Waals surface area contributed by atoms with Gasteiger partial charge in [-0.05, 0) is 12.3 Å². The van der Waals surface area contributed by atoms with Crippen LogP contribution in [0, 0.1) is 5.92 Å². The SMILES string of the molecule is CCCCCCCCCN1CC(N)C(C)CC1=O. The molecular weight excluding hydrogens is 224 g/mol. The Morgan fingerprint density at radius 2 is 1.78 bits per heavy atom. The molecule has 0 spiro atoms. The van der Waals surface area contributed by atoms with Crippen molar-refractivity contribution < 1.29 is 4.79 Å². The number of amides is 1. The van der Waals surface area contributed by atoms with E-state index in [4.69, 9.17) is 5.73 Å². The monoisotopic (exact) mass is 254 g/mol. The number of unbranched alkanes of at least 4 members (excludes halogenated alkanes) is 6. The third kappa shape index (κ3) is 5.38. The van der Waals surface area contributed by atoms with Crippen LogP contribution in [0.3, 0.4) is 0 Å². The molecule has 3 heteroatoms. The van der Waals surface area contributed by atoms with E-state index in [0.717, 1.165) is 19.5 Å². The van der Waals surface area contributed by atoms with Crippen molar-refractivity contribution in [2.75, 3.05) is 13.1 Å². The van der Waals surface area contributed by atoms with Gasteiger partial charge in [-0.2, -0.15) is 0 Å². The summed E-state index contributed by atoms with van der Waals surface area (Å²) in [5.74, 6) is 0.651. The zero-order valence-corrected chi connectivity index (χ0v) is 12.2. The number of nitrogens with zero attached hydrogens (tertiary/aromatic N) is 1. The van der Waals surface area contributed by atoms with Crippen molar-refractivity contribution in [2.24, 2.45) is 11.7 Å². The molecule has 0 aliphatic carbocycles. The van der Waals surface area contributed by atoms with Gasteiger partial charge in [-0.15, -0.1) is 0 Å². The summed E-state index contributed by atoms with van der Waals surface area (Å²) in [5.41, 5.74) is 6.02. The molecule has 0 bridgehead atoms. The fourth-order valence-corrected chi connectivity index (χ4v) is 2.57. The number of carbonyl (C=O) groups is 1. The molecule has 18 heavy (non-hydrogen) atoms. The highest BCUT2D eigenvalue weighted by atomic mass is 16.2. The maximum Gasteiger partial charge on any atom is 0.222 e. The number of rotatable bonds is 8. The van der Waals surface area contributed by atoms with Crippen LogP contribution in [0.5, 0.6) is 0 Å². The average molecular weight is 254 g/mol. The molecule has 1 heterocycles. The number of carbonyl (C=O) groups excluding carboxylic acids is 1. The van der Waals surface area contributed by atoms with Gasteiger partial charge in [-0.25, -0.2) is 0 Å². The minimum atomic E-state index is 0.173. The minimum Gasteiger partial charge on any atom is -0.341 e. The van der Waals surface area contributed by atoms with Crippen molar-refractivity contribution in [3.63, 3.8) is 0 Å². The third-order valence-electron chi connectivity index (χ3n) is 4.04. The van der Waals surface area contributed by atoms with E-state index in [-0.39, 0.29) is 6.04 Å². The van der Waals surface area contributed by atoms with Crippen LogP contribution in [0.15, 0.2) is 0 Å². The van der Waals surface area contributed by atoms with Gasteiger partial charge in [0.05, 0.1) is 0 Å². The first-order valence-electron chi connectivity index (χ1n) is 7.68. The van der Waals surface area contributed by atoms with Crippen molar-refractivity contribution >= 4 is 5.91 Å². The fraction of sp³-hybridized carbons (Fsp3) is 0.933. The average Bonchev–Trinajstić information content (AvgIpc) is 2.34. The Hall–Kier alpha value is -0.570. The Kier molecular flexibility index (Phi) is 7.33. The summed E-state index contributed by atoms with van der Waals surface area (Å²) in [6.07, 6.45) is 9.70. The van der Waals surface area contributed by atoms with Crippen molar-refractivity contribution in [2.45, 2.75) is 71.3 Å². The standard InChI is InChI=1S/C15H30N2O/c1-3-4-5-6-7-8-9-10-17-12-14(16)13(2)11-15(17)18/h13-14H,3-12,16H2,1-2H3. The van der Waals surface area contributed by atoms with Crippen molar-refractivity contribution in [3.05, 3.63) is 0 Å². The normalized spacial score (nSPS) is 24.6. The second-order valence-electron chi connectivity index (χ2n) is 5.81. The van der Waals surface area contributed by atoms with Crippen LogP contribution >= 0.6 is 0 Å². The van der Waals surface area contributed by atoms with Crippen LogP contribution in [0.1, 0.15) is 65.2 Å². The summed E-state index contributed by atoms with van der Waals surface area (Å²) < 4.78 is 0. The van der Waals surface area contributed by atoms with E-state index in [1.165, 1.54) is 38.5 Å². The van der Waals surface area contributed by atoms with E-state index >= 15 is 0 Å². The molecule has 3 nitrogen and oxygen atoms in total. The smallest absolute Gasteiger partial charge is 0.222 e. The van der Waals surface area contributed by atoms with Crippen LogP contribution < -0.4 is 5.73 Å². The molecule has 106 valence electrons. The second kappa shape index (κ2) is 8.52. The second-order valence-corrected chi connectivity index (χ2v) is 5.81. The van der Waals surface area contributed by atoms with Gasteiger partial charge in [0.15, 0.2) is 0 Å². The lowest BCUT2D eigenvalue weighted by Gasteiger charge is -2.34. The predicted octanol–water partition coefficient (Wildman–Crippen LogP) is 2.93. The Balaban J connectivity index is 2.06. The van der Waals surface area contributed by atoms with Gasteiger partial charge in [-0.3, -0.25) is 4.79 Å². The number of nitrogens with two attached hydrogens (primary N) is 1. The molecule has 1 saturated heterocycles. The molecule has 1 aliphatic heterocycles. The van der Waals surface area contributed by atoms with Crippen LogP contribution in [0.4, 0.5) is 0 Å². The van der Waals surface area contributed by atoms with Gasteiger partial charge < -0.3 is 10.6 Å². The summed E-state index contributed by atoms with van der Waals surface area (Å²) in [5, 5.41) is 0. The van der Waals surface area contributed by atoms with E-state index in [9.17, 15) is 4.79 Å². The highest BCUT2D eigenvalue weighted by Crippen LogP contribution is 2.17. The first-order chi connectivity index (χ1) is 8.65. The quantitative estimate of drug-likeness (QED) is 0.677. The highest BCUT2D eigenvalue weighted by Gasteiger charge is 2.28. The topological polar surface area (TPSA) is 46.3 Å². The van der Waals surface area contributed by atoms with Gasteiger partial charge >= 0.3 is 0 Å². The van der Waals surface area contributed by atoms with Crippen LogP contribution in [-0.4, -0.2) is 29.9 Å². The maximum absolute atomic E-state index is 11.8. The first kappa shape index (κ1) is 15.5. The van der Waals surface area contributed by atoms with E-state index in [2.05, 4.69) is 13.8 Å². The molecule has 1 rings (SSSR count). The van der Waals surface area contributed by atoms with E-state index in [0.29, 0.717) is 18.2 Å². The van der Waals surface area contributed by atoms with Crippen molar-refractivity contribution in [1.29, 1.82) is 0 Å². The van der Waals surface area contributed by atoms with Gasteiger partial charge in [0.2, 0.25) is 5.91 Å². The molecule has 0 aromatic carbocycles. The molecule has 1 aliphatic rings. The number of hydrogen-bond acceptors (Lipinski definition) is 2. The summed E-state index contributed by atoms with van der Waals surface area (Å²) in [6.45, 7) is 5.99. The Morgan fingerprint density at radius 1 is 1.17 bits per heavy atom. The Bertz CT molecular complexity index is 243. The Morgan fingerprint density at radius 3 is 2.44 bits per heavy atom. The van der Waals surface area contributed by atoms with Gasteiger partial charge in [0.25, 0.3) is 0 Å². The number of likely N-dealkylation sites (tertiary alicyclic amines) is 1. The zero-order chi connectivity index (χ0) is 13.4. The molecule has 0 saturated carbocycles. The summed E-state index contributed by atoms with van der Waals surface area (Å²) in [7, 11) is 0. The van der Waals surface area contributed by atoms with Gasteiger partial charge in [0.1, 0.15) is 0 Å². The lowest BCUT2D eigenvalue weighted by molar-refractivity contribution is -0.135. The van der Waals surface area contributed by atoms with Crippen LogP contribution in [0.25, 0.3) is 0 Å². The van der Waals surface area contributed by atoms with Crippen LogP contribution in [-0.2, 0) is 4.79 Å². The molecule has 0 aromatic heterocycles. The predicted molar refractivity (Wildman–Crippen MR) is 76.3 cm³/mol. The molecule has 2 atom stereocenters. The molecule has 0 aromatic rings. The fourth-order valence-electron chi connectivity index (χ4n) is 2.57. The molecular formula is C15H30N2O. The molecule has 2 N–H and O–H groups in total. The van der Waals surface area contributed by atoms with E-state index in [1.807, 2.05) is 4.90 Å². The number of hydrogen-bond donors (Lipinski definition) is 1. The summed E-state index contributed by atoms with van der Waals surface area (Å²) in [6, 6.07) is 0.173. The van der Waals surface area contributed by atoms with E-state index in [1.54, 1.807) is 0 Å². The zero-order valence-electron chi connectivity index (χ0n) is 12.2. The summed E-state index contributed by atoms with van der Waals surface area (Å²) in [4.78, 5) is 13.8. The maximum atomic E-state index is 11.8. The number of piperidine rings is 1. The molecule has 1 amide bonds. The minimum absolute atomic E-state index is 0.173. The van der Waals surface area contributed by atoms with Gasteiger partial charge in [0, 0.05) is 25.6 Å². The third-order valence-corrected chi connectivity index (χ3v) is 4.04.